The van der Waals surface area contributed by atoms with Crippen LogP contribution >= 0.6 is 23.1 Å². The molecule has 0 spiro atoms. The van der Waals surface area contributed by atoms with Gasteiger partial charge in [-0.2, -0.15) is 0 Å². The molecule has 0 saturated heterocycles. The Morgan fingerprint density at radius 2 is 1.47 bits per heavy atom. The lowest BCUT2D eigenvalue weighted by Gasteiger charge is -2.15. The lowest BCUT2D eigenvalue weighted by molar-refractivity contribution is 0.979. The Hall–Kier alpha value is -4.77. The third-order valence-corrected chi connectivity index (χ3v) is 12.3. The van der Waals surface area contributed by atoms with Crippen molar-refractivity contribution < 1.29 is 0 Å². The van der Waals surface area contributed by atoms with E-state index in [1.807, 2.05) is 45.5 Å². The summed E-state index contributed by atoms with van der Waals surface area (Å²) in [6, 6.07) is 29.8. The molecular weight excluding hydrogens is 729 g/mol. The van der Waals surface area contributed by atoms with Crippen LogP contribution in [0.5, 0.6) is 0 Å². The predicted molar refractivity (Wildman–Crippen MR) is 256 cm³/mol. The van der Waals surface area contributed by atoms with Gasteiger partial charge in [-0.05, 0) is 111 Å². The number of benzene rings is 3. The Morgan fingerprint density at radius 3 is 2.14 bits per heavy atom. The maximum Gasteiger partial charge on any atom is 0.160 e. The molecule has 1 aliphatic heterocycles. The van der Waals surface area contributed by atoms with E-state index in [1.54, 1.807) is 11.3 Å². The van der Waals surface area contributed by atoms with Gasteiger partial charge < -0.3 is 0 Å². The summed E-state index contributed by atoms with van der Waals surface area (Å²) in [7, 11) is 0. The number of aromatic nitrogens is 2. The second-order valence-electron chi connectivity index (χ2n) is 13.7. The molecule has 4 aromatic rings. The van der Waals surface area contributed by atoms with Gasteiger partial charge in [0, 0.05) is 31.2 Å². The number of allylic oxidation sites excluding steroid dienone is 12. The van der Waals surface area contributed by atoms with Gasteiger partial charge in [0.1, 0.15) is 0 Å². The summed E-state index contributed by atoms with van der Waals surface area (Å²) < 4.78 is 0. The van der Waals surface area contributed by atoms with Gasteiger partial charge in [0.2, 0.25) is 0 Å². The molecule has 0 bridgehead atoms. The fraction of sp³-hybridized carbons (Fsp3) is 0.283. The first-order valence-corrected chi connectivity index (χ1v) is 22.4. The van der Waals surface area contributed by atoms with Crippen LogP contribution in [0.3, 0.4) is 0 Å². The number of rotatable bonds is 9. The molecule has 0 amide bonds. The molecule has 2 aliphatic rings. The zero-order valence-corrected chi connectivity index (χ0v) is 37.6. The predicted octanol–water partition coefficient (Wildman–Crippen LogP) is 16.3. The van der Waals surface area contributed by atoms with Gasteiger partial charge in [-0.3, -0.25) is 0 Å². The van der Waals surface area contributed by atoms with Crippen molar-refractivity contribution in [2.24, 2.45) is 0 Å². The lowest BCUT2D eigenvalue weighted by atomic mass is 9.94. The number of hydrogen-bond donors (Lipinski definition) is 0. The van der Waals surface area contributed by atoms with Crippen LogP contribution in [-0.2, 0) is 6.42 Å². The third-order valence-electron chi connectivity index (χ3n) is 9.89. The summed E-state index contributed by atoms with van der Waals surface area (Å²) in [5, 5.41) is 0.404. The molecule has 1 unspecified atom stereocenters. The van der Waals surface area contributed by atoms with E-state index in [0.717, 1.165) is 63.8 Å². The van der Waals surface area contributed by atoms with E-state index in [0.29, 0.717) is 5.25 Å². The summed E-state index contributed by atoms with van der Waals surface area (Å²) in [5.41, 5.74) is 14.1. The first kappa shape index (κ1) is 44.9. The second kappa shape index (κ2) is 22.8. The molecule has 2 heterocycles. The minimum Gasteiger partial charge on any atom is -0.233 e. The summed E-state index contributed by atoms with van der Waals surface area (Å²) in [6.07, 6.45) is 19.3. The highest BCUT2D eigenvalue weighted by atomic mass is 32.2. The fourth-order valence-corrected chi connectivity index (χ4v) is 9.24. The Balaban J connectivity index is 0.00000174. The van der Waals surface area contributed by atoms with Gasteiger partial charge >= 0.3 is 0 Å². The number of fused-ring (bicyclic) bond motifs is 1. The molecule has 0 radical (unpaired) electrons. The number of aryl methyl sites for hydroxylation is 2. The van der Waals surface area contributed by atoms with Crippen LogP contribution in [0.15, 0.2) is 150 Å². The minimum absolute atomic E-state index is 0.404. The van der Waals surface area contributed by atoms with Crippen molar-refractivity contribution in [1.82, 2.24) is 9.97 Å². The van der Waals surface area contributed by atoms with Crippen molar-refractivity contribution in [3.05, 3.63) is 183 Å². The quantitative estimate of drug-likeness (QED) is 0.125. The average Bonchev–Trinajstić information content (AvgIpc) is 3.58. The van der Waals surface area contributed by atoms with Crippen LogP contribution in [-0.4, -0.2) is 15.2 Å². The molecule has 3 aromatic carbocycles. The molecule has 1 aromatic heterocycles. The van der Waals surface area contributed by atoms with Crippen molar-refractivity contribution in [3.8, 4) is 11.4 Å². The highest BCUT2D eigenvalue weighted by Gasteiger charge is 2.23. The SMILES string of the molecule is C=C(/C(=C/C=C1/c2ccccc2SC1C)CC)c1sc(C)c(/C2=C/C=C(/c3ccccc3)C=C(C)CC2)nc(-c2ccccc2)nc(C)c1C/C=C\C.CC.CC. The maximum absolute atomic E-state index is 5.48. The molecule has 1 atom stereocenters. The Labute approximate surface area is 353 Å². The van der Waals surface area contributed by atoms with E-state index in [-0.39, 0.29) is 0 Å². The van der Waals surface area contributed by atoms with E-state index in [4.69, 9.17) is 16.5 Å². The van der Waals surface area contributed by atoms with Crippen LogP contribution in [0, 0.1) is 13.8 Å². The molecule has 6 rings (SSSR count). The molecule has 0 fully saturated rings. The fourth-order valence-electron chi connectivity index (χ4n) is 6.87. The number of nitrogens with zero attached hydrogens (tertiary/aromatic N) is 2. The Bertz CT molecular complexity index is 2220. The maximum atomic E-state index is 5.48. The van der Waals surface area contributed by atoms with Gasteiger partial charge in [0.15, 0.2) is 5.82 Å². The largest absolute Gasteiger partial charge is 0.233 e. The summed E-state index contributed by atoms with van der Waals surface area (Å²) >= 11 is 3.74. The van der Waals surface area contributed by atoms with Crippen molar-refractivity contribution in [2.45, 2.75) is 105 Å². The molecule has 4 heteroatoms. The molecule has 296 valence electrons. The standard InChI is InChI=1S/C49H50N2S2.2C2H6/c1-8-10-23-43-35(5)50-49(41-21-15-12-16-22-41)51-47(40-27-26-33(3)32-42(29-28-40)39-19-13-11-14-20-39)37(7)53-48(43)34(4)38(9-2)30-31-44-36(6)52-46-25-18-17-24-45(44)46;2*1-2/h8,10-22,24-25,28-32,36H,4,9,23,26-27H2,1-3,5-7H3;2*1-2H3/b10-8-,33-32?,38-30+,40-28+,42-29+,44-31+,47-37?,48-43?,50-35?,51-49?;;. The zero-order valence-electron chi connectivity index (χ0n) is 35.9. The van der Waals surface area contributed by atoms with Gasteiger partial charge in [0.25, 0.3) is 0 Å². The number of thioether (sulfide) groups is 1. The summed E-state index contributed by atoms with van der Waals surface area (Å²) in [5.74, 6) is 0.729. The van der Waals surface area contributed by atoms with Crippen LogP contribution in [0.4, 0.5) is 0 Å². The molecule has 0 saturated carbocycles. The van der Waals surface area contributed by atoms with Crippen molar-refractivity contribution in [3.63, 3.8) is 0 Å². The molecule has 2 nitrogen and oxygen atoms in total. The van der Waals surface area contributed by atoms with E-state index in [1.165, 1.54) is 49.5 Å². The van der Waals surface area contributed by atoms with E-state index >= 15 is 0 Å². The van der Waals surface area contributed by atoms with Crippen LogP contribution in [0.2, 0.25) is 0 Å². The van der Waals surface area contributed by atoms with Crippen LogP contribution < -0.4 is 0 Å². The van der Waals surface area contributed by atoms with E-state index < -0.39 is 0 Å². The summed E-state index contributed by atoms with van der Waals surface area (Å²) in [6.45, 7) is 26.0. The summed E-state index contributed by atoms with van der Waals surface area (Å²) in [4.78, 5) is 14.5. The monoisotopic (exact) mass is 790 g/mol. The normalized spacial score (nSPS) is 17.6. The topological polar surface area (TPSA) is 25.8 Å². The molecule has 0 N–H and O–H groups in total. The third kappa shape index (κ3) is 11.7. The number of hydrogen-bond acceptors (Lipinski definition) is 4. The van der Waals surface area contributed by atoms with Crippen molar-refractivity contribution in [1.29, 1.82) is 0 Å². The average molecular weight is 791 g/mol. The lowest BCUT2D eigenvalue weighted by Crippen LogP contribution is -1.98. The second-order valence-corrected chi connectivity index (χ2v) is 16.3. The van der Waals surface area contributed by atoms with Gasteiger partial charge in [-0.25, -0.2) is 9.97 Å². The van der Waals surface area contributed by atoms with Crippen LogP contribution in [0.25, 0.3) is 33.7 Å². The zero-order chi connectivity index (χ0) is 41.3. The Kier molecular flexibility index (Phi) is 18.0. The first-order valence-electron chi connectivity index (χ1n) is 20.7. The van der Waals surface area contributed by atoms with Gasteiger partial charge in [-0.15, -0.1) is 23.1 Å². The van der Waals surface area contributed by atoms with Crippen molar-refractivity contribution >= 4 is 45.4 Å². The molecule has 57 heavy (non-hydrogen) atoms. The Morgan fingerprint density at radius 1 is 0.825 bits per heavy atom. The van der Waals surface area contributed by atoms with E-state index in [9.17, 15) is 0 Å². The minimum atomic E-state index is 0.404. The van der Waals surface area contributed by atoms with Gasteiger partial charge in [-0.1, -0.05) is 168 Å². The highest BCUT2D eigenvalue weighted by molar-refractivity contribution is 8.00. The highest BCUT2D eigenvalue weighted by Crippen LogP contribution is 2.45. The van der Waals surface area contributed by atoms with Crippen LogP contribution in [0.1, 0.15) is 112 Å². The van der Waals surface area contributed by atoms with Gasteiger partial charge in [0.05, 0.1) is 5.69 Å². The molecular formula is C53H62N2S2. The van der Waals surface area contributed by atoms with Crippen molar-refractivity contribution in [2.75, 3.05) is 0 Å². The van der Waals surface area contributed by atoms with E-state index in [2.05, 4.69) is 163 Å². The smallest absolute Gasteiger partial charge is 0.160 e. The molecule has 1 aliphatic carbocycles. The first-order chi connectivity index (χ1) is 27.8.